The molecule has 2 aromatic carbocycles. The summed E-state index contributed by atoms with van der Waals surface area (Å²) in [5.41, 5.74) is 3.26. The Bertz CT molecular complexity index is 1240. The lowest BCUT2D eigenvalue weighted by atomic mass is 10.1. The first-order valence-corrected chi connectivity index (χ1v) is 9.29. The van der Waals surface area contributed by atoms with E-state index in [4.69, 9.17) is 4.74 Å². The quantitative estimate of drug-likeness (QED) is 0.543. The van der Waals surface area contributed by atoms with Crippen LogP contribution in [-0.4, -0.2) is 15.5 Å². The van der Waals surface area contributed by atoms with Crippen LogP contribution in [0.15, 0.2) is 71.8 Å². The van der Waals surface area contributed by atoms with Crippen molar-refractivity contribution in [2.24, 2.45) is 7.05 Å². The smallest absolute Gasteiger partial charge is 0.258 e. The highest BCUT2D eigenvalue weighted by Crippen LogP contribution is 2.27. The van der Waals surface area contributed by atoms with E-state index in [9.17, 15) is 9.59 Å². The van der Waals surface area contributed by atoms with E-state index in [0.717, 1.165) is 16.6 Å². The van der Waals surface area contributed by atoms with Crippen LogP contribution in [0.5, 0.6) is 5.75 Å². The van der Waals surface area contributed by atoms with Crippen molar-refractivity contribution >= 4 is 22.5 Å². The number of amides is 1. The van der Waals surface area contributed by atoms with Gasteiger partial charge in [0.2, 0.25) is 0 Å². The SMILES string of the molecule is Cc1c[nH]c(=O)c2c(C(=O)Nc3ccccc3OCc3ccccc3)cn(C)c12. The van der Waals surface area contributed by atoms with Gasteiger partial charge in [-0.15, -0.1) is 0 Å². The zero-order chi connectivity index (χ0) is 20.4. The van der Waals surface area contributed by atoms with Gasteiger partial charge in [-0.2, -0.15) is 0 Å². The number of aryl methyl sites for hydroxylation is 2. The summed E-state index contributed by atoms with van der Waals surface area (Å²) in [6, 6.07) is 17.1. The van der Waals surface area contributed by atoms with Crippen molar-refractivity contribution in [1.82, 2.24) is 9.55 Å². The second kappa shape index (κ2) is 7.67. The number of fused-ring (bicyclic) bond motifs is 1. The van der Waals surface area contributed by atoms with Crippen molar-refractivity contribution in [3.05, 3.63) is 94.0 Å². The minimum absolute atomic E-state index is 0.287. The standard InChI is InChI=1S/C23H21N3O3/c1-15-12-24-23(28)20-17(13-26(2)21(15)20)22(27)25-18-10-6-7-11-19(18)29-14-16-8-4-3-5-9-16/h3-13H,14H2,1-2H3,(H,24,28)(H,25,27). The Balaban J connectivity index is 1.62. The van der Waals surface area contributed by atoms with Gasteiger partial charge in [0.1, 0.15) is 12.4 Å². The second-order valence-electron chi connectivity index (χ2n) is 6.90. The monoisotopic (exact) mass is 387 g/mol. The molecule has 1 amide bonds. The summed E-state index contributed by atoms with van der Waals surface area (Å²) in [7, 11) is 1.82. The largest absolute Gasteiger partial charge is 0.487 e. The normalized spacial score (nSPS) is 10.8. The molecule has 0 radical (unpaired) electrons. The van der Waals surface area contributed by atoms with Gasteiger partial charge in [-0.05, 0) is 30.2 Å². The molecule has 0 aliphatic rings. The number of hydrogen-bond acceptors (Lipinski definition) is 3. The second-order valence-corrected chi connectivity index (χ2v) is 6.90. The molecule has 0 aliphatic heterocycles. The van der Waals surface area contributed by atoms with Gasteiger partial charge >= 0.3 is 0 Å². The molecule has 6 heteroatoms. The summed E-state index contributed by atoms with van der Waals surface area (Å²) >= 11 is 0. The maximum atomic E-state index is 13.0. The minimum Gasteiger partial charge on any atom is -0.487 e. The van der Waals surface area contributed by atoms with Gasteiger partial charge in [0.15, 0.2) is 0 Å². The van der Waals surface area contributed by atoms with Gasteiger partial charge in [-0.1, -0.05) is 42.5 Å². The fourth-order valence-corrected chi connectivity index (χ4v) is 3.44. The fourth-order valence-electron chi connectivity index (χ4n) is 3.44. The third kappa shape index (κ3) is 3.65. The van der Waals surface area contributed by atoms with Gasteiger partial charge in [0, 0.05) is 19.4 Å². The van der Waals surface area contributed by atoms with Crippen molar-refractivity contribution in [2.45, 2.75) is 13.5 Å². The third-order valence-corrected chi connectivity index (χ3v) is 4.82. The summed E-state index contributed by atoms with van der Waals surface area (Å²) < 4.78 is 7.71. The van der Waals surface area contributed by atoms with E-state index in [1.54, 1.807) is 29.1 Å². The summed E-state index contributed by atoms with van der Waals surface area (Å²) in [4.78, 5) is 28.1. The number of ether oxygens (including phenoxy) is 1. The van der Waals surface area contributed by atoms with Crippen LogP contribution in [0.2, 0.25) is 0 Å². The Morgan fingerprint density at radius 2 is 1.83 bits per heavy atom. The summed E-state index contributed by atoms with van der Waals surface area (Å²) in [6.07, 6.45) is 3.33. The number of carbonyl (C=O) groups excluding carboxylic acids is 1. The molecule has 146 valence electrons. The first-order valence-electron chi connectivity index (χ1n) is 9.29. The molecule has 2 N–H and O–H groups in total. The van der Waals surface area contributed by atoms with E-state index in [0.29, 0.717) is 29.0 Å². The van der Waals surface area contributed by atoms with Crippen molar-refractivity contribution in [3.8, 4) is 5.75 Å². The molecular weight excluding hydrogens is 366 g/mol. The summed E-state index contributed by atoms with van der Waals surface area (Å²) in [5.74, 6) is 0.206. The first kappa shape index (κ1) is 18.6. The third-order valence-electron chi connectivity index (χ3n) is 4.82. The van der Waals surface area contributed by atoms with Crippen LogP contribution in [0.4, 0.5) is 5.69 Å². The highest BCUT2D eigenvalue weighted by Gasteiger charge is 2.19. The van der Waals surface area contributed by atoms with Crippen LogP contribution in [0.25, 0.3) is 10.9 Å². The van der Waals surface area contributed by atoms with E-state index < -0.39 is 0 Å². The number of nitrogens with zero attached hydrogens (tertiary/aromatic N) is 1. The number of H-pyrrole nitrogens is 1. The van der Waals surface area contributed by atoms with Crippen LogP contribution in [0.1, 0.15) is 21.5 Å². The number of nitrogens with one attached hydrogen (secondary N) is 2. The number of para-hydroxylation sites is 2. The van der Waals surface area contributed by atoms with Crippen LogP contribution < -0.4 is 15.6 Å². The van der Waals surface area contributed by atoms with E-state index in [2.05, 4.69) is 10.3 Å². The van der Waals surface area contributed by atoms with Crippen molar-refractivity contribution in [3.63, 3.8) is 0 Å². The van der Waals surface area contributed by atoms with Gasteiger partial charge in [0.25, 0.3) is 11.5 Å². The molecule has 29 heavy (non-hydrogen) atoms. The van der Waals surface area contributed by atoms with E-state index in [1.807, 2.05) is 56.4 Å². The topological polar surface area (TPSA) is 76.1 Å². The zero-order valence-electron chi connectivity index (χ0n) is 16.2. The van der Waals surface area contributed by atoms with Crippen LogP contribution in [0, 0.1) is 6.92 Å². The number of aromatic nitrogens is 2. The van der Waals surface area contributed by atoms with Gasteiger partial charge < -0.3 is 19.6 Å². The first-order chi connectivity index (χ1) is 14.0. The number of anilines is 1. The van der Waals surface area contributed by atoms with Gasteiger partial charge in [-0.25, -0.2) is 0 Å². The van der Waals surface area contributed by atoms with Gasteiger partial charge in [-0.3, -0.25) is 9.59 Å². The molecule has 2 heterocycles. The average Bonchev–Trinajstić information content (AvgIpc) is 3.09. The highest BCUT2D eigenvalue weighted by molar-refractivity contribution is 6.13. The molecule has 0 saturated heterocycles. The molecule has 2 aromatic heterocycles. The highest BCUT2D eigenvalue weighted by atomic mass is 16.5. The molecule has 0 fully saturated rings. The molecule has 0 bridgehead atoms. The average molecular weight is 387 g/mol. The van der Waals surface area contributed by atoms with E-state index in [1.165, 1.54) is 0 Å². The molecule has 0 spiro atoms. The Morgan fingerprint density at radius 3 is 2.62 bits per heavy atom. The van der Waals surface area contributed by atoms with Crippen molar-refractivity contribution < 1.29 is 9.53 Å². The predicted molar refractivity (Wildman–Crippen MR) is 113 cm³/mol. The molecule has 0 unspecified atom stereocenters. The van der Waals surface area contributed by atoms with Crippen LogP contribution >= 0.6 is 0 Å². The molecule has 0 saturated carbocycles. The molecule has 0 atom stereocenters. The maximum absolute atomic E-state index is 13.0. The predicted octanol–water partition coefficient (Wildman–Crippen LogP) is 4.01. The van der Waals surface area contributed by atoms with Crippen molar-refractivity contribution in [1.29, 1.82) is 0 Å². The lowest BCUT2D eigenvalue weighted by molar-refractivity contribution is 0.102. The number of benzene rings is 2. The Morgan fingerprint density at radius 1 is 1.10 bits per heavy atom. The number of aromatic amines is 1. The maximum Gasteiger partial charge on any atom is 0.258 e. The summed E-state index contributed by atoms with van der Waals surface area (Å²) in [6.45, 7) is 2.29. The van der Waals surface area contributed by atoms with Crippen molar-refractivity contribution in [2.75, 3.05) is 5.32 Å². The number of rotatable bonds is 5. The fraction of sp³-hybridized carbons (Fsp3) is 0.130. The molecule has 6 nitrogen and oxygen atoms in total. The number of pyridine rings is 1. The Kier molecular flexibility index (Phi) is 4.91. The zero-order valence-corrected chi connectivity index (χ0v) is 16.2. The number of hydrogen-bond donors (Lipinski definition) is 2. The Hall–Kier alpha value is -3.80. The lowest BCUT2D eigenvalue weighted by Crippen LogP contribution is -2.16. The molecular formula is C23H21N3O3. The Labute approximate surface area is 167 Å². The molecule has 0 aliphatic carbocycles. The lowest BCUT2D eigenvalue weighted by Gasteiger charge is -2.12. The molecule has 4 aromatic rings. The van der Waals surface area contributed by atoms with Gasteiger partial charge in [0.05, 0.1) is 22.2 Å². The minimum atomic E-state index is -0.359. The number of carbonyl (C=O) groups is 1. The van der Waals surface area contributed by atoms with Crippen LogP contribution in [-0.2, 0) is 13.7 Å². The van der Waals surface area contributed by atoms with E-state index >= 15 is 0 Å². The summed E-state index contributed by atoms with van der Waals surface area (Å²) in [5, 5.41) is 3.27. The molecule has 4 rings (SSSR count). The van der Waals surface area contributed by atoms with E-state index in [-0.39, 0.29) is 11.5 Å². The van der Waals surface area contributed by atoms with Crippen LogP contribution in [0.3, 0.4) is 0 Å².